The van der Waals surface area contributed by atoms with Gasteiger partial charge in [0.05, 0.1) is 18.8 Å². The van der Waals surface area contributed by atoms with Crippen molar-refractivity contribution in [2.24, 2.45) is 11.3 Å². The third kappa shape index (κ3) is 3.82. The lowest BCUT2D eigenvalue weighted by molar-refractivity contribution is -0.126. The minimum absolute atomic E-state index is 0.00889. The predicted octanol–water partition coefficient (Wildman–Crippen LogP) is 1.43. The first-order valence-corrected chi connectivity index (χ1v) is 7.31. The quantitative estimate of drug-likeness (QED) is 0.780. The van der Waals surface area contributed by atoms with Gasteiger partial charge in [-0.2, -0.15) is 5.10 Å². The van der Waals surface area contributed by atoms with Crippen LogP contribution in [0.25, 0.3) is 0 Å². The number of fused-ring (bicyclic) bond motifs is 1. The highest BCUT2D eigenvalue weighted by molar-refractivity contribution is 5.79. The molecular weight excluding hydrogens is 254 g/mol. The summed E-state index contributed by atoms with van der Waals surface area (Å²) < 4.78 is 0. The van der Waals surface area contributed by atoms with Gasteiger partial charge >= 0.3 is 0 Å². The Morgan fingerprint density at radius 1 is 1.60 bits per heavy atom. The molecule has 112 valence electrons. The number of hydrogen-bond donors (Lipinski definition) is 3. The summed E-state index contributed by atoms with van der Waals surface area (Å²) >= 11 is 0. The van der Waals surface area contributed by atoms with E-state index in [4.69, 9.17) is 0 Å². The van der Waals surface area contributed by atoms with Crippen molar-refractivity contribution in [1.29, 1.82) is 0 Å². The number of aryl methyl sites for hydroxylation is 1. The lowest BCUT2D eigenvalue weighted by atomic mass is 9.86. The Kier molecular flexibility index (Phi) is 4.48. The summed E-state index contributed by atoms with van der Waals surface area (Å²) in [5.41, 5.74) is 2.39. The number of aromatic amines is 1. The van der Waals surface area contributed by atoms with Gasteiger partial charge in [0, 0.05) is 18.0 Å². The zero-order valence-corrected chi connectivity index (χ0v) is 12.6. The van der Waals surface area contributed by atoms with Crippen LogP contribution in [-0.4, -0.2) is 33.9 Å². The molecule has 0 radical (unpaired) electrons. The molecule has 1 amide bonds. The molecule has 0 aromatic carbocycles. The van der Waals surface area contributed by atoms with E-state index < -0.39 is 0 Å². The molecule has 1 aliphatic rings. The molecule has 0 aliphatic heterocycles. The second-order valence-corrected chi connectivity index (χ2v) is 6.97. The maximum Gasteiger partial charge on any atom is 0.223 e. The van der Waals surface area contributed by atoms with E-state index in [0.717, 1.165) is 31.4 Å². The number of aliphatic hydroxyl groups is 1. The molecule has 5 nitrogen and oxygen atoms in total. The smallest absolute Gasteiger partial charge is 0.223 e. The summed E-state index contributed by atoms with van der Waals surface area (Å²) in [6.07, 6.45) is 5.09. The summed E-state index contributed by atoms with van der Waals surface area (Å²) in [5, 5.41) is 19.4. The van der Waals surface area contributed by atoms with Gasteiger partial charge in [0.15, 0.2) is 0 Å². The van der Waals surface area contributed by atoms with E-state index in [2.05, 4.69) is 36.3 Å². The van der Waals surface area contributed by atoms with Crippen LogP contribution in [0.3, 0.4) is 0 Å². The second kappa shape index (κ2) is 5.95. The molecule has 1 aliphatic carbocycles. The first-order valence-electron chi connectivity index (χ1n) is 7.31. The number of carbonyl (C=O) groups excluding carboxylic acids is 1. The number of nitrogens with zero attached hydrogens (tertiary/aromatic N) is 1. The Balaban J connectivity index is 1.92. The fourth-order valence-electron chi connectivity index (χ4n) is 2.85. The van der Waals surface area contributed by atoms with Crippen molar-refractivity contribution >= 4 is 5.91 Å². The van der Waals surface area contributed by atoms with Crippen molar-refractivity contribution in [2.75, 3.05) is 6.61 Å². The van der Waals surface area contributed by atoms with Gasteiger partial charge in [0.2, 0.25) is 5.91 Å². The normalized spacial score (nSPS) is 20.3. The number of H-pyrrole nitrogens is 1. The van der Waals surface area contributed by atoms with Gasteiger partial charge in [-0.15, -0.1) is 0 Å². The first kappa shape index (κ1) is 15.0. The lowest BCUT2D eigenvalue weighted by Gasteiger charge is -2.28. The van der Waals surface area contributed by atoms with Crippen molar-refractivity contribution in [3.63, 3.8) is 0 Å². The average molecular weight is 279 g/mol. The minimum atomic E-state index is -0.161. The maximum absolute atomic E-state index is 12.3. The first-order chi connectivity index (χ1) is 9.39. The molecule has 2 atom stereocenters. The molecule has 0 saturated heterocycles. The number of nitrogens with one attached hydrogen (secondary N) is 2. The largest absolute Gasteiger partial charge is 0.394 e. The van der Waals surface area contributed by atoms with E-state index in [1.807, 2.05) is 6.20 Å². The monoisotopic (exact) mass is 279 g/mol. The Labute approximate surface area is 120 Å². The van der Waals surface area contributed by atoms with E-state index in [0.29, 0.717) is 0 Å². The molecule has 0 saturated carbocycles. The highest BCUT2D eigenvalue weighted by atomic mass is 16.3. The number of amides is 1. The van der Waals surface area contributed by atoms with Crippen LogP contribution in [0, 0.1) is 11.3 Å². The van der Waals surface area contributed by atoms with Gasteiger partial charge in [-0.25, -0.2) is 0 Å². The number of hydrogen-bond acceptors (Lipinski definition) is 3. The lowest BCUT2D eigenvalue weighted by Crippen LogP contribution is -2.44. The van der Waals surface area contributed by atoms with E-state index in [9.17, 15) is 9.90 Å². The zero-order chi connectivity index (χ0) is 14.8. The molecule has 2 rings (SSSR count). The van der Waals surface area contributed by atoms with Crippen molar-refractivity contribution in [3.05, 3.63) is 17.5 Å². The molecule has 3 N–H and O–H groups in total. The standard InChI is InChI=1S/C15H25N3O2/c1-15(2,3)7-12(9-19)17-14(20)10-4-5-11-8-16-18-13(11)6-10/h8,10,12,19H,4-7,9H2,1-3H3,(H,16,18)(H,17,20). The van der Waals surface area contributed by atoms with Crippen molar-refractivity contribution in [2.45, 2.75) is 52.5 Å². The van der Waals surface area contributed by atoms with E-state index in [1.165, 1.54) is 5.56 Å². The molecule has 20 heavy (non-hydrogen) atoms. The molecule has 0 bridgehead atoms. The molecule has 0 spiro atoms. The third-order valence-electron chi connectivity index (χ3n) is 3.82. The zero-order valence-electron chi connectivity index (χ0n) is 12.6. The van der Waals surface area contributed by atoms with E-state index in [1.54, 1.807) is 0 Å². The van der Waals surface area contributed by atoms with Gasteiger partial charge in [-0.1, -0.05) is 20.8 Å². The Morgan fingerprint density at radius 3 is 3.00 bits per heavy atom. The topological polar surface area (TPSA) is 78.0 Å². The van der Waals surface area contributed by atoms with Crippen LogP contribution in [0.2, 0.25) is 0 Å². The molecule has 1 heterocycles. The van der Waals surface area contributed by atoms with Crippen LogP contribution in [0.4, 0.5) is 0 Å². The van der Waals surface area contributed by atoms with Crippen molar-refractivity contribution < 1.29 is 9.90 Å². The predicted molar refractivity (Wildman–Crippen MR) is 77.2 cm³/mol. The molecular formula is C15H25N3O2. The fraction of sp³-hybridized carbons (Fsp3) is 0.733. The molecule has 5 heteroatoms. The number of rotatable bonds is 4. The summed E-state index contributed by atoms with van der Waals surface area (Å²) in [5.74, 6) is 0.0329. The van der Waals surface area contributed by atoms with Gasteiger partial charge in [-0.05, 0) is 30.2 Å². The molecule has 0 fully saturated rings. The average Bonchev–Trinajstić information content (AvgIpc) is 2.83. The Bertz CT molecular complexity index is 462. The van der Waals surface area contributed by atoms with Crippen LogP contribution >= 0.6 is 0 Å². The van der Waals surface area contributed by atoms with Crippen LogP contribution in [0.1, 0.15) is 44.9 Å². The third-order valence-corrected chi connectivity index (χ3v) is 3.82. The van der Waals surface area contributed by atoms with Gasteiger partial charge in [0.25, 0.3) is 0 Å². The summed E-state index contributed by atoms with van der Waals surface area (Å²) in [6.45, 7) is 6.32. The molecule has 2 unspecified atom stereocenters. The van der Waals surface area contributed by atoms with Crippen molar-refractivity contribution in [1.82, 2.24) is 15.5 Å². The Morgan fingerprint density at radius 2 is 2.35 bits per heavy atom. The minimum Gasteiger partial charge on any atom is -0.394 e. The summed E-state index contributed by atoms with van der Waals surface area (Å²) in [7, 11) is 0. The maximum atomic E-state index is 12.3. The molecule has 1 aromatic rings. The highest BCUT2D eigenvalue weighted by Gasteiger charge is 2.28. The Hall–Kier alpha value is -1.36. The number of aliphatic hydroxyl groups excluding tert-OH is 1. The van der Waals surface area contributed by atoms with Crippen LogP contribution < -0.4 is 5.32 Å². The van der Waals surface area contributed by atoms with Crippen LogP contribution in [0.15, 0.2) is 6.20 Å². The van der Waals surface area contributed by atoms with Gasteiger partial charge in [0.1, 0.15) is 0 Å². The van der Waals surface area contributed by atoms with Crippen LogP contribution in [-0.2, 0) is 17.6 Å². The second-order valence-electron chi connectivity index (χ2n) is 6.97. The fourth-order valence-corrected chi connectivity index (χ4v) is 2.85. The number of aromatic nitrogens is 2. The van der Waals surface area contributed by atoms with Crippen molar-refractivity contribution in [3.8, 4) is 0 Å². The van der Waals surface area contributed by atoms with E-state index >= 15 is 0 Å². The van der Waals surface area contributed by atoms with E-state index in [-0.39, 0.29) is 29.9 Å². The SMILES string of the molecule is CC(C)(C)CC(CO)NC(=O)C1CCc2cn[nH]c2C1. The molecule has 1 aromatic heterocycles. The van der Waals surface area contributed by atoms with Gasteiger partial charge < -0.3 is 10.4 Å². The van der Waals surface area contributed by atoms with Crippen LogP contribution in [0.5, 0.6) is 0 Å². The van der Waals surface area contributed by atoms with Gasteiger partial charge in [-0.3, -0.25) is 9.89 Å². The highest BCUT2D eigenvalue weighted by Crippen LogP contribution is 2.25. The summed E-state index contributed by atoms with van der Waals surface area (Å²) in [4.78, 5) is 12.3. The summed E-state index contributed by atoms with van der Waals surface area (Å²) in [6, 6.07) is -0.161. The number of carbonyl (C=O) groups is 1.